The van der Waals surface area contributed by atoms with Crippen LogP contribution >= 0.6 is 0 Å². The van der Waals surface area contributed by atoms with Gasteiger partial charge in [-0.2, -0.15) is 0 Å². The standard InChI is InChI=1S/C13H21NO2/c1-9-4-5-12(11(3)14)13(8-9)16-7-6-10(2)15/h4-5,8,10-11,15H,6-7,14H2,1-3H3. The molecule has 3 N–H and O–H groups in total. The molecule has 0 spiro atoms. The van der Waals surface area contributed by atoms with E-state index in [0.717, 1.165) is 16.9 Å². The predicted molar refractivity (Wildman–Crippen MR) is 65.6 cm³/mol. The lowest BCUT2D eigenvalue weighted by atomic mass is 10.1. The first-order valence-electron chi connectivity index (χ1n) is 5.67. The fraction of sp³-hybridized carbons (Fsp3) is 0.538. The largest absolute Gasteiger partial charge is 0.493 e. The van der Waals surface area contributed by atoms with Crippen LogP contribution in [0.1, 0.15) is 37.4 Å². The third-order valence-electron chi connectivity index (χ3n) is 2.45. The number of aryl methyl sites for hydroxylation is 1. The molecule has 2 atom stereocenters. The summed E-state index contributed by atoms with van der Waals surface area (Å²) in [5, 5.41) is 9.16. The Morgan fingerprint density at radius 2 is 2.06 bits per heavy atom. The van der Waals surface area contributed by atoms with Gasteiger partial charge in [0.05, 0.1) is 12.7 Å². The third-order valence-corrected chi connectivity index (χ3v) is 2.45. The smallest absolute Gasteiger partial charge is 0.124 e. The van der Waals surface area contributed by atoms with Gasteiger partial charge in [0.25, 0.3) is 0 Å². The van der Waals surface area contributed by atoms with E-state index >= 15 is 0 Å². The minimum Gasteiger partial charge on any atom is -0.493 e. The molecule has 3 nitrogen and oxygen atoms in total. The lowest BCUT2D eigenvalue weighted by molar-refractivity contribution is 0.155. The number of nitrogens with two attached hydrogens (primary N) is 1. The van der Waals surface area contributed by atoms with Crippen molar-refractivity contribution in [2.75, 3.05) is 6.61 Å². The lowest BCUT2D eigenvalue weighted by Gasteiger charge is -2.15. The molecule has 90 valence electrons. The topological polar surface area (TPSA) is 55.5 Å². The Morgan fingerprint density at radius 3 is 2.62 bits per heavy atom. The fourth-order valence-corrected chi connectivity index (χ4v) is 1.48. The molecule has 1 aromatic carbocycles. The summed E-state index contributed by atoms with van der Waals surface area (Å²) in [5.74, 6) is 0.829. The van der Waals surface area contributed by atoms with E-state index in [9.17, 15) is 0 Å². The number of hydrogen-bond donors (Lipinski definition) is 2. The van der Waals surface area contributed by atoms with E-state index in [4.69, 9.17) is 15.6 Å². The number of aliphatic hydroxyl groups excluding tert-OH is 1. The highest BCUT2D eigenvalue weighted by Gasteiger charge is 2.08. The van der Waals surface area contributed by atoms with Crippen LogP contribution in [0, 0.1) is 6.92 Å². The average Bonchev–Trinajstić information content (AvgIpc) is 2.16. The monoisotopic (exact) mass is 223 g/mol. The van der Waals surface area contributed by atoms with Crippen molar-refractivity contribution in [3.63, 3.8) is 0 Å². The van der Waals surface area contributed by atoms with E-state index in [-0.39, 0.29) is 12.1 Å². The van der Waals surface area contributed by atoms with Gasteiger partial charge in [0.2, 0.25) is 0 Å². The second-order valence-corrected chi connectivity index (χ2v) is 4.32. The molecule has 0 fully saturated rings. The number of benzene rings is 1. The zero-order valence-corrected chi connectivity index (χ0v) is 10.2. The molecular weight excluding hydrogens is 202 g/mol. The summed E-state index contributed by atoms with van der Waals surface area (Å²) in [7, 11) is 0. The van der Waals surface area contributed by atoms with Crippen molar-refractivity contribution in [1.82, 2.24) is 0 Å². The zero-order chi connectivity index (χ0) is 12.1. The molecule has 0 saturated heterocycles. The van der Waals surface area contributed by atoms with Crippen LogP contribution < -0.4 is 10.5 Å². The van der Waals surface area contributed by atoms with Crippen molar-refractivity contribution in [3.8, 4) is 5.75 Å². The molecular formula is C13H21NO2. The maximum atomic E-state index is 9.16. The van der Waals surface area contributed by atoms with Crippen LogP contribution in [0.2, 0.25) is 0 Å². The molecule has 3 heteroatoms. The summed E-state index contributed by atoms with van der Waals surface area (Å²) in [5.41, 5.74) is 8.03. The van der Waals surface area contributed by atoms with Crippen molar-refractivity contribution in [3.05, 3.63) is 29.3 Å². The molecule has 0 amide bonds. The summed E-state index contributed by atoms with van der Waals surface area (Å²) in [6.07, 6.45) is 0.301. The Labute approximate surface area is 97.2 Å². The molecule has 1 rings (SSSR count). The quantitative estimate of drug-likeness (QED) is 0.804. The van der Waals surface area contributed by atoms with Gasteiger partial charge in [-0.1, -0.05) is 12.1 Å². The van der Waals surface area contributed by atoms with Crippen LogP contribution in [0.5, 0.6) is 5.75 Å². The van der Waals surface area contributed by atoms with Gasteiger partial charge in [0.15, 0.2) is 0 Å². The summed E-state index contributed by atoms with van der Waals surface area (Å²) < 4.78 is 5.65. The highest BCUT2D eigenvalue weighted by molar-refractivity contribution is 5.38. The van der Waals surface area contributed by atoms with E-state index in [1.807, 2.05) is 32.0 Å². The molecule has 2 unspecified atom stereocenters. The number of rotatable bonds is 5. The van der Waals surface area contributed by atoms with Gasteiger partial charge in [-0.15, -0.1) is 0 Å². The van der Waals surface area contributed by atoms with Gasteiger partial charge >= 0.3 is 0 Å². The van der Waals surface area contributed by atoms with Gasteiger partial charge in [0.1, 0.15) is 5.75 Å². The molecule has 0 saturated carbocycles. The van der Waals surface area contributed by atoms with Gasteiger partial charge in [0, 0.05) is 18.0 Å². The normalized spacial score (nSPS) is 14.6. The van der Waals surface area contributed by atoms with E-state index in [1.54, 1.807) is 6.92 Å². The number of hydrogen-bond acceptors (Lipinski definition) is 3. The molecule has 1 aromatic rings. The summed E-state index contributed by atoms with van der Waals surface area (Å²) in [6.45, 7) is 6.23. The Morgan fingerprint density at radius 1 is 1.38 bits per heavy atom. The molecule has 16 heavy (non-hydrogen) atoms. The van der Waals surface area contributed by atoms with Crippen molar-refractivity contribution >= 4 is 0 Å². The molecule has 0 radical (unpaired) electrons. The molecule has 0 aliphatic heterocycles. The molecule has 0 aliphatic carbocycles. The predicted octanol–water partition coefficient (Wildman–Crippen LogP) is 2.16. The summed E-state index contributed by atoms with van der Waals surface area (Å²) >= 11 is 0. The minimum atomic E-state index is -0.330. The van der Waals surface area contributed by atoms with Gasteiger partial charge < -0.3 is 15.6 Å². The molecule has 0 aromatic heterocycles. The third kappa shape index (κ3) is 3.83. The van der Waals surface area contributed by atoms with Crippen LogP contribution in [0.15, 0.2) is 18.2 Å². The maximum Gasteiger partial charge on any atom is 0.124 e. The second kappa shape index (κ2) is 5.87. The highest BCUT2D eigenvalue weighted by Crippen LogP contribution is 2.25. The fourth-order valence-electron chi connectivity index (χ4n) is 1.48. The molecule has 0 heterocycles. The van der Waals surface area contributed by atoms with Crippen LogP contribution in [0.4, 0.5) is 0 Å². The highest BCUT2D eigenvalue weighted by atomic mass is 16.5. The minimum absolute atomic E-state index is 0.0397. The summed E-state index contributed by atoms with van der Waals surface area (Å²) in [4.78, 5) is 0. The first kappa shape index (κ1) is 13.0. The summed E-state index contributed by atoms with van der Waals surface area (Å²) in [6, 6.07) is 5.97. The number of ether oxygens (including phenoxy) is 1. The zero-order valence-electron chi connectivity index (χ0n) is 10.2. The van der Waals surface area contributed by atoms with E-state index < -0.39 is 0 Å². The van der Waals surface area contributed by atoms with Crippen molar-refractivity contribution in [2.24, 2.45) is 5.73 Å². The number of aliphatic hydroxyl groups is 1. The van der Waals surface area contributed by atoms with Crippen LogP contribution in [0.3, 0.4) is 0 Å². The van der Waals surface area contributed by atoms with Gasteiger partial charge in [-0.25, -0.2) is 0 Å². The lowest BCUT2D eigenvalue weighted by Crippen LogP contribution is -2.11. The maximum absolute atomic E-state index is 9.16. The first-order valence-corrected chi connectivity index (χ1v) is 5.67. The van der Waals surface area contributed by atoms with E-state index in [0.29, 0.717) is 13.0 Å². The SMILES string of the molecule is Cc1ccc(C(C)N)c(OCCC(C)O)c1. The van der Waals surface area contributed by atoms with E-state index in [2.05, 4.69) is 0 Å². The Balaban J connectivity index is 2.72. The average molecular weight is 223 g/mol. The van der Waals surface area contributed by atoms with Crippen LogP contribution in [0.25, 0.3) is 0 Å². The van der Waals surface area contributed by atoms with Crippen molar-refractivity contribution < 1.29 is 9.84 Å². The Hall–Kier alpha value is -1.06. The van der Waals surface area contributed by atoms with Crippen LogP contribution in [-0.4, -0.2) is 17.8 Å². The first-order chi connectivity index (χ1) is 7.50. The molecule has 0 bridgehead atoms. The second-order valence-electron chi connectivity index (χ2n) is 4.32. The van der Waals surface area contributed by atoms with Crippen molar-refractivity contribution in [2.45, 2.75) is 39.3 Å². The van der Waals surface area contributed by atoms with Crippen LogP contribution in [-0.2, 0) is 0 Å². The Kier molecular flexibility index (Phi) is 4.77. The van der Waals surface area contributed by atoms with E-state index in [1.165, 1.54) is 0 Å². The van der Waals surface area contributed by atoms with Gasteiger partial charge in [-0.05, 0) is 32.4 Å². The molecule has 0 aliphatic rings. The van der Waals surface area contributed by atoms with Crippen molar-refractivity contribution in [1.29, 1.82) is 0 Å². The Bertz CT molecular complexity index is 335. The van der Waals surface area contributed by atoms with Gasteiger partial charge in [-0.3, -0.25) is 0 Å².